The van der Waals surface area contributed by atoms with Crippen molar-refractivity contribution >= 4 is 11.4 Å². The topological polar surface area (TPSA) is 24.9 Å². The van der Waals surface area contributed by atoms with Crippen LogP contribution < -0.4 is 5.32 Å². The molecule has 1 N–H and O–H groups in total. The third-order valence-electron chi connectivity index (χ3n) is 2.46. The van der Waals surface area contributed by atoms with Crippen molar-refractivity contribution in [1.29, 1.82) is 0 Å². The number of benzene rings is 1. The molecule has 0 aliphatic heterocycles. The molecule has 2 aromatic rings. The molecule has 0 aliphatic rings. The van der Waals surface area contributed by atoms with E-state index in [4.69, 9.17) is 0 Å². The average Bonchev–Trinajstić information content (AvgIpc) is 2.36. The van der Waals surface area contributed by atoms with Crippen LogP contribution in [0.4, 0.5) is 33.3 Å². The molecule has 0 fully saturated rings. The molecule has 0 saturated heterocycles. The standard InChI is InChI=1S/C12H7F5N2/c1-5-2-3-6(13)4-7(5)18-10-8(14)11(16)19-12(17)9(10)15/h2-4H,1H3,(H,18,19). The summed E-state index contributed by atoms with van der Waals surface area (Å²) in [4.78, 5) is 2.42. The van der Waals surface area contributed by atoms with E-state index < -0.39 is 35.0 Å². The normalized spacial score (nSPS) is 10.6. The second kappa shape index (κ2) is 4.83. The Morgan fingerprint density at radius 1 is 0.947 bits per heavy atom. The minimum Gasteiger partial charge on any atom is -0.350 e. The van der Waals surface area contributed by atoms with Crippen molar-refractivity contribution < 1.29 is 22.0 Å². The SMILES string of the molecule is Cc1ccc(F)cc1Nc1c(F)c(F)nc(F)c1F. The number of hydrogen-bond donors (Lipinski definition) is 1. The largest absolute Gasteiger partial charge is 0.350 e. The van der Waals surface area contributed by atoms with E-state index in [1.165, 1.54) is 13.0 Å². The molecule has 0 saturated carbocycles. The van der Waals surface area contributed by atoms with Crippen LogP contribution in [0, 0.1) is 36.3 Å². The maximum absolute atomic E-state index is 13.4. The van der Waals surface area contributed by atoms with Gasteiger partial charge in [-0.05, 0) is 24.6 Å². The van der Waals surface area contributed by atoms with E-state index in [1.54, 1.807) is 0 Å². The number of halogens is 5. The minimum absolute atomic E-state index is 0.0113. The van der Waals surface area contributed by atoms with Crippen molar-refractivity contribution in [3.8, 4) is 0 Å². The highest BCUT2D eigenvalue weighted by Crippen LogP contribution is 2.27. The van der Waals surface area contributed by atoms with Crippen molar-refractivity contribution in [1.82, 2.24) is 4.98 Å². The monoisotopic (exact) mass is 274 g/mol. The number of pyridine rings is 1. The number of nitrogens with one attached hydrogen (secondary N) is 1. The van der Waals surface area contributed by atoms with Crippen molar-refractivity contribution in [3.63, 3.8) is 0 Å². The van der Waals surface area contributed by atoms with Gasteiger partial charge in [-0.1, -0.05) is 6.07 Å². The van der Waals surface area contributed by atoms with Gasteiger partial charge in [0.05, 0.1) is 0 Å². The molecule has 1 aromatic carbocycles. The molecule has 1 aromatic heterocycles. The first kappa shape index (κ1) is 13.3. The highest BCUT2D eigenvalue weighted by Gasteiger charge is 2.21. The van der Waals surface area contributed by atoms with Crippen LogP contribution in [0.15, 0.2) is 18.2 Å². The molecule has 0 unspecified atom stereocenters. The summed E-state index contributed by atoms with van der Waals surface area (Å²) in [5.41, 5.74) is -0.626. The third kappa shape index (κ3) is 2.49. The van der Waals surface area contributed by atoms with Crippen LogP contribution in [0.1, 0.15) is 5.56 Å². The molecule has 0 aliphatic carbocycles. The summed E-state index contributed by atoms with van der Waals surface area (Å²) in [6, 6.07) is 3.44. The number of nitrogens with zero attached hydrogens (tertiary/aromatic N) is 1. The van der Waals surface area contributed by atoms with Gasteiger partial charge < -0.3 is 5.32 Å². The molecule has 0 bridgehead atoms. The van der Waals surface area contributed by atoms with E-state index in [1.807, 2.05) is 0 Å². The van der Waals surface area contributed by atoms with Gasteiger partial charge in [-0.25, -0.2) is 4.39 Å². The molecule has 2 rings (SSSR count). The van der Waals surface area contributed by atoms with E-state index in [0.717, 1.165) is 12.1 Å². The Morgan fingerprint density at radius 2 is 1.53 bits per heavy atom. The Kier molecular flexibility index (Phi) is 3.37. The van der Waals surface area contributed by atoms with Crippen molar-refractivity contribution in [2.45, 2.75) is 6.92 Å². The van der Waals surface area contributed by atoms with E-state index in [9.17, 15) is 22.0 Å². The number of anilines is 2. The van der Waals surface area contributed by atoms with Gasteiger partial charge in [0.2, 0.25) is 11.6 Å². The van der Waals surface area contributed by atoms with Crippen LogP contribution in [0.3, 0.4) is 0 Å². The van der Waals surface area contributed by atoms with Gasteiger partial charge in [0.25, 0.3) is 11.9 Å². The second-order valence-electron chi connectivity index (χ2n) is 3.78. The average molecular weight is 274 g/mol. The first-order valence-corrected chi connectivity index (χ1v) is 5.13. The zero-order chi connectivity index (χ0) is 14.2. The summed E-state index contributed by atoms with van der Waals surface area (Å²) in [5, 5.41) is 2.12. The zero-order valence-corrected chi connectivity index (χ0v) is 9.57. The van der Waals surface area contributed by atoms with Crippen molar-refractivity contribution in [3.05, 3.63) is 53.1 Å². The summed E-state index contributed by atoms with van der Waals surface area (Å²) < 4.78 is 65.5. The van der Waals surface area contributed by atoms with Crippen LogP contribution in [-0.2, 0) is 0 Å². The molecular formula is C12H7F5N2. The van der Waals surface area contributed by atoms with E-state index in [0.29, 0.717) is 5.56 Å². The Labute approximate surface area is 104 Å². The molecule has 0 amide bonds. The van der Waals surface area contributed by atoms with E-state index in [-0.39, 0.29) is 5.69 Å². The van der Waals surface area contributed by atoms with E-state index in [2.05, 4.69) is 10.3 Å². The summed E-state index contributed by atoms with van der Waals surface area (Å²) >= 11 is 0. The van der Waals surface area contributed by atoms with Gasteiger partial charge in [-0.15, -0.1) is 0 Å². The van der Waals surface area contributed by atoms with Gasteiger partial charge in [0.15, 0.2) is 0 Å². The molecule has 0 radical (unpaired) electrons. The summed E-state index contributed by atoms with van der Waals surface area (Å²) in [5.74, 6) is -7.58. The van der Waals surface area contributed by atoms with Crippen molar-refractivity contribution in [2.24, 2.45) is 0 Å². The van der Waals surface area contributed by atoms with Crippen LogP contribution in [0.2, 0.25) is 0 Å². The number of rotatable bonds is 2. The molecule has 100 valence electrons. The van der Waals surface area contributed by atoms with Crippen LogP contribution in [-0.4, -0.2) is 4.98 Å². The fourth-order valence-corrected chi connectivity index (χ4v) is 1.46. The maximum Gasteiger partial charge on any atom is 0.253 e. The molecule has 19 heavy (non-hydrogen) atoms. The Hall–Kier alpha value is -2.18. The Balaban J connectivity index is 2.52. The lowest BCUT2D eigenvalue weighted by atomic mass is 10.2. The Bertz CT molecular complexity index is 616. The Morgan fingerprint density at radius 3 is 2.11 bits per heavy atom. The zero-order valence-electron chi connectivity index (χ0n) is 9.57. The fraction of sp³-hybridized carbons (Fsp3) is 0.0833. The molecular weight excluding hydrogens is 267 g/mol. The summed E-state index contributed by atoms with van der Waals surface area (Å²) in [7, 11) is 0. The van der Waals surface area contributed by atoms with Gasteiger partial charge in [-0.2, -0.15) is 22.5 Å². The van der Waals surface area contributed by atoms with Gasteiger partial charge in [0.1, 0.15) is 11.5 Å². The number of aromatic nitrogens is 1. The highest BCUT2D eigenvalue weighted by molar-refractivity contribution is 5.63. The molecule has 2 nitrogen and oxygen atoms in total. The first-order chi connectivity index (χ1) is 8.90. The lowest BCUT2D eigenvalue weighted by Gasteiger charge is -2.11. The van der Waals surface area contributed by atoms with E-state index >= 15 is 0 Å². The first-order valence-electron chi connectivity index (χ1n) is 5.13. The molecule has 0 atom stereocenters. The minimum atomic E-state index is -1.78. The quantitative estimate of drug-likeness (QED) is 0.665. The second-order valence-corrected chi connectivity index (χ2v) is 3.78. The van der Waals surface area contributed by atoms with Gasteiger partial charge in [0, 0.05) is 5.69 Å². The van der Waals surface area contributed by atoms with Gasteiger partial charge >= 0.3 is 0 Å². The predicted molar refractivity (Wildman–Crippen MR) is 58.5 cm³/mol. The molecule has 7 heteroatoms. The smallest absolute Gasteiger partial charge is 0.253 e. The lowest BCUT2D eigenvalue weighted by Crippen LogP contribution is -2.06. The van der Waals surface area contributed by atoms with Gasteiger partial charge in [-0.3, -0.25) is 0 Å². The van der Waals surface area contributed by atoms with Crippen LogP contribution >= 0.6 is 0 Å². The van der Waals surface area contributed by atoms with Crippen LogP contribution in [0.5, 0.6) is 0 Å². The number of aryl methyl sites for hydroxylation is 1. The summed E-state index contributed by atoms with van der Waals surface area (Å²) in [6.45, 7) is 1.53. The predicted octanol–water partition coefficient (Wildman–Crippen LogP) is 3.83. The van der Waals surface area contributed by atoms with Crippen LogP contribution in [0.25, 0.3) is 0 Å². The molecule has 1 heterocycles. The summed E-state index contributed by atoms with van der Waals surface area (Å²) in [6.07, 6.45) is 0. The third-order valence-corrected chi connectivity index (χ3v) is 2.46. The number of hydrogen-bond acceptors (Lipinski definition) is 2. The maximum atomic E-state index is 13.4. The van der Waals surface area contributed by atoms with Crippen molar-refractivity contribution in [2.75, 3.05) is 5.32 Å². The molecule has 0 spiro atoms. The fourth-order valence-electron chi connectivity index (χ4n) is 1.46. The highest BCUT2D eigenvalue weighted by atomic mass is 19.2. The lowest BCUT2D eigenvalue weighted by molar-refractivity contribution is 0.411.